The average Bonchev–Trinajstić information content (AvgIpc) is 2.80. The molecule has 8 N–H and O–H groups in total. The summed E-state index contributed by atoms with van der Waals surface area (Å²) in [7, 11) is 0. The maximum atomic E-state index is 12.9. The Morgan fingerprint density at radius 3 is 2.20 bits per heavy atom. The molecule has 0 fully saturated rings. The maximum Gasteiger partial charge on any atom is 0.244 e. The molecule has 0 saturated heterocycles. The normalized spacial score (nSPS) is 13.6. The van der Waals surface area contributed by atoms with E-state index in [-0.39, 0.29) is 19.3 Å². The van der Waals surface area contributed by atoms with Crippen molar-refractivity contribution in [3.8, 4) is 0 Å². The summed E-state index contributed by atoms with van der Waals surface area (Å²) in [5.74, 6) is -4.22. The largest absolute Gasteiger partial charge is 0.369 e. The molecule has 35 heavy (non-hydrogen) atoms. The number of nitrogens with two attached hydrogens (primary N) is 3. The zero-order valence-electron chi connectivity index (χ0n) is 19.8. The van der Waals surface area contributed by atoms with E-state index in [0.717, 1.165) is 0 Å². The highest BCUT2D eigenvalue weighted by Gasteiger charge is 2.25. The van der Waals surface area contributed by atoms with Gasteiger partial charge in [-0.3, -0.25) is 24.0 Å². The van der Waals surface area contributed by atoms with Crippen LogP contribution in [-0.4, -0.2) is 48.0 Å². The van der Waals surface area contributed by atoms with Crippen LogP contribution in [0.2, 0.25) is 0 Å². The van der Waals surface area contributed by atoms with Crippen LogP contribution in [0.25, 0.3) is 6.08 Å². The summed E-state index contributed by atoms with van der Waals surface area (Å²) in [4.78, 5) is 60.1. The fourth-order valence-corrected chi connectivity index (χ4v) is 3.20. The van der Waals surface area contributed by atoms with Crippen molar-refractivity contribution in [2.45, 2.75) is 57.5 Å². The number of Topliss-reactive ketones (excluding diaryl/α,β-unsaturated/α-hetero) is 1. The minimum Gasteiger partial charge on any atom is -0.369 e. The summed E-state index contributed by atoms with van der Waals surface area (Å²) in [5, 5.41) is 5.02. The van der Waals surface area contributed by atoms with Crippen molar-refractivity contribution < 1.29 is 28.4 Å². The van der Waals surface area contributed by atoms with Gasteiger partial charge in [0.15, 0.2) is 5.78 Å². The van der Waals surface area contributed by atoms with Gasteiger partial charge in [-0.2, -0.15) is 0 Å². The first kappa shape index (κ1) is 29.4. The van der Waals surface area contributed by atoms with E-state index in [1.165, 1.54) is 43.3 Å². The average molecular weight is 492 g/mol. The molecular formula is C24H34FN5O5. The predicted octanol–water partition coefficient (Wildman–Crippen LogP) is 0.284. The van der Waals surface area contributed by atoms with Crippen LogP contribution >= 0.6 is 0 Å². The van der Waals surface area contributed by atoms with Crippen LogP contribution in [0, 0.1) is 11.7 Å². The number of carbonyl (C=O) groups excluding carboxylic acids is 5. The van der Waals surface area contributed by atoms with Crippen molar-refractivity contribution in [3.63, 3.8) is 0 Å². The van der Waals surface area contributed by atoms with Crippen LogP contribution < -0.4 is 27.8 Å². The number of amides is 4. The van der Waals surface area contributed by atoms with Gasteiger partial charge in [0.1, 0.15) is 11.9 Å². The molecule has 1 aromatic rings. The van der Waals surface area contributed by atoms with Gasteiger partial charge in [0, 0.05) is 24.8 Å². The molecular weight excluding hydrogens is 457 g/mol. The van der Waals surface area contributed by atoms with Crippen molar-refractivity contribution in [1.29, 1.82) is 0 Å². The molecule has 10 nitrogen and oxygen atoms in total. The van der Waals surface area contributed by atoms with Gasteiger partial charge >= 0.3 is 0 Å². The number of hydrogen-bond donors (Lipinski definition) is 5. The summed E-state index contributed by atoms with van der Waals surface area (Å²) < 4.78 is 12.9. The molecule has 3 atom stereocenters. The van der Waals surface area contributed by atoms with Crippen molar-refractivity contribution in [2.24, 2.45) is 23.1 Å². The fourth-order valence-electron chi connectivity index (χ4n) is 3.20. The van der Waals surface area contributed by atoms with E-state index in [9.17, 15) is 28.4 Å². The third-order valence-corrected chi connectivity index (χ3v) is 5.33. The van der Waals surface area contributed by atoms with Crippen molar-refractivity contribution in [3.05, 3.63) is 41.7 Å². The highest BCUT2D eigenvalue weighted by molar-refractivity contribution is 5.97. The van der Waals surface area contributed by atoms with Crippen LogP contribution in [0.15, 0.2) is 30.3 Å². The molecule has 0 heterocycles. The third kappa shape index (κ3) is 11.9. The number of carbonyl (C=O) groups is 5. The SMILES string of the molecule is CC(NC(=O)/C=C/c1ccc(F)cc1)C(=O)C[C@@H](CCC(=O)NC(CCCCN)C(N)=O)C(N)=O. The van der Waals surface area contributed by atoms with E-state index in [4.69, 9.17) is 17.2 Å². The van der Waals surface area contributed by atoms with Gasteiger partial charge in [-0.25, -0.2) is 4.39 Å². The van der Waals surface area contributed by atoms with Crippen LogP contribution in [-0.2, 0) is 24.0 Å². The van der Waals surface area contributed by atoms with Gasteiger partial charge in [0.25, 0.3) is 0 Å². The molecule has 1 rings (SSSR count). The second kappa shape index (κ2) is 15.3. The zero-order chi connectivity index (χ0) is 26.4. The lowest BCUT2D eigenvalue weighted by atomic mass is 9.93. The number of benzene rings is 1. The molecule has 0 aliphatic carbocycles. The molecule has 0 aliphatic rings. The van der Waals surface area contributed by atoms with Crippen molar-refractivity contribution in [1.82, 2.24) is 10.6 Å². The fraction of sp³-hybridized carbons (Fsp3) is 0.458. The summed E-state index contributed by atoms with van der Waals surface area (Å²) in [6.45, 7) is 1.92. The highest BCUT2D eigenvalue weighted by atomic mass is 19.1. The molecule has 2 unspecified atom stereocenters. The second-order valence-corrected chi connectivity index (χ2v) is 8.23. The lowest BCUT2D eigenvalue weighted by Crippen LogP contribution is -2.44. The van der Waals surface area contributed by atoms with Gasteiger partial charge < -0.3 is 27.8 Å². The molecule has 1 aromatic carbocycles. The van der Waals surface area contributed by atoms with Gasteiger partial charge in [-0.1, -0.05) is 12.1 Å². The van der Waals surface area contributed by atoms with E-state index in [1.54, 1.807) is 0 Å². The highest BCUT2D eigenvalue weighted by Crippen LogP contribution is 2.14. The molecule has 4 amide bonds. The van der Waals surface area contributed by atoms with Gasteiger partial charge in [0.2, 0.25) is 23.6 Å². The molecule has 0 saturated carbocycles. The minimum atomic E-state index is -0.924. The maximum absolute atomic E-state index is 12.9. The van der Waals surface area contributed by atoms with E-state index in [2.05, 4.69) is 10.6 Å². The lowest BCUT2D eigenvalue weighted by Gasteiger charge is -2.18. The Bertz CT molecular complexity index is 919. The van der Waals surface area contributed by atoms with E-state index in [1.807, 2.05) is 0 Å². The Morgan fingerprint density at radius 1 is 0.971 bits per heavy atom. The van der Waals surface area contributed by atoms with Gasteiger partial charge in [0.05, 0.1) is 6.04 Å². The molecule has 192 valence electrons. The third-order valence-electron chi connectivity index (χ3n) is 5.33. The molecule has 11 heteroatoms. The summed E-state index contributed by atoms with van der Waals surface area (Å²) in [6.07, 6.45) is 3.91. The number of primary amides is 2. The first-order valence-electron chi connectivity index (χ1n) is 11.4. The first-order chi connectivity index (χ1) is 16.5. The van der Waals surface area contributed by atoms with Crippen LogP contribution in [0.1, 0.15) is 51.0 Å². The van der Waals surface area contributed by atoms with Crippen molar-refractivity contribution >= 4 is 35.5 Å². The number of unbranched alkanes of at least 4 members (excludes halogenated alkanes) is 1. The number of halogens is 1. The predicted molar refractivity (Wildman–Crippen MR) is 129 cm³/mol. The zero-order valence-corrected chi connectivity index (χ0v) is 19.8. The van der Waals surface area contributed by atoms with Crippen LogP contribution in [0.5, 0.6) is 0 Å². The van der Waals surface area contributed by atoms with E-state index < -0.39 is 53.2 Å². The summed E-state index contributed by atoms with van der Waals surface area (Å²) >= 11 is 0. The Labute approximate surface area is 203 Å². The molecule has 0 radical (unpaired) electrons. The van der Waals surface area contributed by atoms with Gasteiger partial charge in [-0.05, 0) is 62.9 Å². The topological polar surface area (TPSA) is 187 Å². The minimum absolute atomic E-state index is 0.00761. The molecule has 0 aromatic heterocycles. The van der Waals surface area contributed by atoms with Crippen molar-refractivity contribution in [2.75, 3.05) is 6.54 Å². The number of ketones is 1. The van der Waals surface area contributed by atoms with E-state index >= 15 is 0 Å². The van der Waals surface area contributed by atoms with Gasteiger partial charge in [-0.15, -0.1) is 0 Å². The quantitative estimate of drug-likeness (QED) is 0.163. The number of hydrogen-bond acceptors (Lipinski definition) is 6. The molecule has 0 aliphatic heterocycles. The Balaban J connectivity index is 2.56. The Kier molecular flexibility index (Phi) is 12.9. The van der Waals surface area contributed by atoms with Crippen LogP contribution in [0.4, 0.5) is 4.39 Å². The van der Waals surface area contributed by atoms with E-state index in [0.29, 0.717) is 31.4 Å². The molecule has 0 bridgehead atoms. The Morgan fingerprint density at radius 2 is 1.63 bits per heavy atom. The number of rotatable bonds is 16. The van der Waals surface area contributed by atoms with Crippen LogP contribution in [0.3, 0.4) is 0 Å². The lowest BCUT2D eigenvalue weighted by molar-refractivity contribution is -0.130. The summed E-state index contributed by atoms with van der Waals surface area (Å²) in [6, 6.07) is 3.74. The second-order valence-electron chi connectivity index (χ2n) is 8.23. The first-order valence-corrected chi connectivity index (χ1v) is 11.4. The molecule has 0 spiro atoms. The standard InChI is InChI=1S/C24H34FN5O5/c1-15(29-21(32)11-7-16-5-9-18(25)10-6-16)20(31)14-17(23(27)34)8-12-22(33)30-19(24(28)35)4-2-3-13-26/h5-7,9-11,15,17,19H,2-4,8,12-14,26H2,1H3,(H2,27,34)(H2,28,35)(H,29,32)(H,30,33)/b11-7+/t15?,17-,19?/m1/s1. The summed E-state index contributed by atoms with van der Waals surface area (Å²) in [5.41, 5.74) is 16.7. The number of nitrogens with one attached hydrogen (secondary N) is 2. The monoisotopic (exact) mass is 491 g/mol. The Hall–Kier alpha value is -3.60. The smallest absolute Gasteiger partial charge is 0.244 e.